The number of nitrogens with one attached hydrogen (secondary N) is 1. The second-order valence-corrected chi connectivity index (χ2v) is 7.53. The maximum Gasteiger partial charge on any atom is 0.225 e. The standard InChI is InChI=1S/C16H24N4O2S/c1-2-13-18-19-14(23-13)10-17-15(21)11-6-8-20(9-7-11)16(22)12-4-3-5-12/h11-12H,2-10H2,1H3,(H,17,21). The van der Waals surface area contributed by atoms with E-state index in [2.05, 4.69) is 15.5 Å². The van der Waals surface area contributed by atoms with Gasteiger partial charge in [0.2, 0.25) is 11.8 Å². The Labute approximate surface area is 140 Å². The van der Waals surface area contributed by atoms with Crippen molar-refractivity contribution in [2.45, 2.75) is 52.0 Å². The largest absolute Gasteiger partial charge is 0.349 e. The molecule has 0 spiro atoms. The van der Waals surface area contributed by atoms with Gasteiger partial charge in [-0.25, -0.2) is 0 Å². The van der Waals surface area contributed by atoms with Gasteiger partial charge >= 0.3 is 0 Å². The van der Waals surface area contributed by atoms with Crippen LogP contribution in [0.3, 0.4) is 0 Å². The van der Waals surface area contributed by atoms with Gasteiger partial charge in [0.15, 0.2) is 0 Å². The highest BCUT2D eigenvalue weighted by molar-refractivity contribution is 7.11. The summed E-state index contributed by atoms with van der Waals surface area (Å²) in [6, 6.07) is 0. The second kappa shape index (κ2) is 7.38. The summed E-state index contributed by atoms with van der Waals surface area (Å²) in [6.45, 7) is 3.93. The molecule has 0 bridgehead atoms. The third-order valence-corrected chi connectivity index (χ3v) is 5.92. The maximum absolute atomic E-state index is 12.3. The number of hydrogen-bond acceptors (Lipinski definition) is 5. The summed E-state index contributed by atoms with van der Waals surface area (Å²) in [6.07, 6.45) is 5.67. The normalized spacial score (nSPS) is 19.4. The summed E-state index contributed by atoms with van der Waals surface area (Å²) in [5.74, 6) is 0.648. The summed E-state index contributed by atoms with van der Waals surface area (Å²) >= 11 is 1.55. The molecule has 3 rings (SSSR count). The predicted molar refractivity (Wildman–Crippen MR) is 87.8 cm³/mol. The number of rotatable bonds is 5. The topological polar surface area (TPSA) is 75.2 Å². The van der Waals surface area contributed by atoms with Crippen LogP contribution in [0.2, 0.25) is 0 Å². The number of piperidine rings is 1. The maximum atomic E-state index is 12.3. The lowest BCUT2D eigenvalue weighted by Gasteiger charge is -2.36. The zero-order valence-electron chi connectivity index (χ0n) is 13.6. The van der Waals surface area contributed by atoms with E-state index in [9.17, 15) is 9.59 Å². The van der Waals surface area contributed by atoms with Gasteiger partial charge in [-0.05, 0) is 32.1 Å². The molecule has 2 aliphatic rings. The van der Waals surface area contributed by atoms with E-state index in [1.54, 1.807) is 11.3 Å². The summed E-state index contributed by atoms with van der Waals surface area (Å²) in [4.78, 5) is 26.4. The zero-order valence-corrected chi connectivity index (χ0v) is 14.4. The fourth-order valence-corrected chi connectivity index (χ4v) is 3.81. The number of carbonyl (C=O) groups is 2. The summed E-state index contributed by atoms with van der Waals surface area (Å²) < 4.78 is 0. The van der Waals surface area contributed by atoms with Crippen molar-refractivity contribution in [3.05, 3.63) is 10.0 Å². The minimum Gasteiger partial charge on any atom is -0.349 e. The number of carbonyl (C=O) groups excluding carboxylic acids is 2. The first-order valence-corrected chi connectivity index (χ1v) is 9.36. The SMILES string of the molecule is CCc1nnc(CNC(=O)C2CCN(C(=O)C3CCC3)CC2)s1. The summed E-state index contributed by atoms with van der Waals surface area (Å²) in [5.41, 5.74) is 0. The molecule has 0 aromatic carbocycles. The minimum atomic E-state index is 0.0130. The van der Waals surface area contributed by atoms with Gasteiger partial charge in [-0.1, -0.05) is 24.7 Å². The third-order valence-electron chi connectivity index (χ3n) is 4.86. The molecule has 2 heterocycles. The molecule has 2 amide bonds. The van der Waals surface area contributed by atoms with Crippen LogP contribution in [0.15, 0.2) is 0 Å². The first-order valence-electron chi connectivity index (χ1n) is 8.55. The van der Waals surface area contributed by atoms with Gasteiger partial charge in [0.1, 0.15) is 10.0 Å². The Morgan fingerprint density at radius 1 is 1.13 bits per heavy atom. The number of aryl methyl sites for hydroxylation is 1. The molecule has 1 saturated heterocycles. The molecule has 0 unspecified atom stereocenters. The highest BCUT2D eigenvalue weighted by atomic mass is 32.1. The smallest absolute Gasteiger partial charge is 0.225 e. The van der Waals surface area contributed by atoms with Crippen LogP contribution in [-0.2, 0) is 22.6 Å². The third kappa shape index (κ3) is 3.88. The van der Waals surface area contributed by atoms with E-state index in [1.165, 1.54) is 6.42 Å². The molecule has 23 heavy (non-hydrogen) atoms. The van der Waals surface area contributed by atoms with Crippen LogP contribution in [0.25, 0.3) is 0 Å². The molecule has 1 N–H and O–H groups in total. The molecule has 7 heteroatoms. The first-order chi connectivity index (χ1) is 11.2. The van der Waals surface area contributed by atoms with E-state index in [0.717, 1.165) is 42.1 Å². The molecular weight excluding hydrogens is 312 g/mol. The predicted octanol–water partition coefficient (Wildman–Crippen LogP) is 1.76. The van der Waals surface area contributed by atoms with Crippen LogP contribution in [0.5, 0.6) is 0 Å². The minimum absolute atomic E-state index is 0.0130. The van der Waals surface area contributed by atoms with Crippen molar-refractivity contribution in [1.82, 2.24) is 20.4 Å². The van der Waals surface area contributed by atoms with Crippen molar-refractivity contribution in [2.24, 2.45) is 11.8 Å². The van der Waals surface area contributed by atoms with Gasteiger partial charge < -0.3 is 10.2 Å². The van der Waals surface area contributed by atoms with Crippen molar-refractivity contribution in [2.75, 3.05) is 13.1 Å². The lowest BCUT2D eigenvalue weighted by molar-refractivity contribution is -0.141. The molecule has 1 aliphatic heterocycles. The van der Waals surface area contributed by atoms with Gasteiger partial charge in [-0.15, -0.1) is 10.2 Å². The molecule has 126 valence electrons. The monoisotopic (exact) mass is 336 g/mol. The van der Waals surface area contributed by atoms with E-state index < -0.39 is 0 Å². The average molecular weight is 336 g/mol. The Kier molecular flexibility index (Phi) is 5.25. The molecule has 2 fully saturated rings. The quantitative estimate of drug-likeness (QED) is 0.889. The van der Waals surface area contributed by atoms with Crippen LogP contribution in [-0.4, -0.2) is 40.0 Å². The van der Waals surface area contributed by atoms with E-state index in [0.29, 0.717) is 25.5 Å². The molecule has 0 atom stereocenters. The van der Waals surface area contributed by atoms with Crippen LogP contribution >= 0.6 is 11.3 Å². The highest BCUT2D eigenvalue weighted by Crippen LogP contribution is 2.30. The van der Waals surface area contributed by atoms with Crippen molar-refractivity contribution in [3.63, 3.8) is 0 Å². The van der Waals surface area contributed by atoms with Gasteiger partial charge in [-0.3, -0.25) is 9.59 Å². The molecule has 1 saturated carbocycles. The van der Waals surface area contributed by atoms with E-state index in [4.69, 9.17) is 0 Å². The van der Waals surface area contributed by atoms with E-state index >= 15 is 0 Å². The lowest BCUT2D eigenvalue weighted by Crippen LogP contribution is -2.46. The Balaban J connectivity index is 1.41. The molecule has 0 radical (unpaired) electrons. The molecule has 1 aromatic rings. The van der Waals surface area contributed by atoms with Gasteiger partial charge in [0.05, 0.1) is 6.54 Å². The zero-order chi connectivity index (χ0) is 16.2. The number of aromatic nitrogens is 2. The van der Waals surface area contributed by atoms with Crippen molar-refractivity contribution in [3.8, 4) is 0 Å². The average Bonchev–Trinajstić information content (AvgIpc) is 2.99. The summed E-state index contributed by atoms with van der Waals surface area (Å²) in [5, 5.41) is 12.9. The van der Waals surface area contributed by atoms with Gasteiger partial charge in [-0.2, -0.15) is 0 Å². The van der Waals surface area contributed by atoms with E-state index in [-0.39, 0.29) is 17.7 Å². The van der Waals surface area contributed by atoms with E-state index in [1.807, 2.05) is 11.8 Å². The Bertz CT molecular complexity index is 562. The summed E-state index contributed by atoms with van der Waals surface area (Å²) in [7, 11) is 0. The van der Waals surface area contributed by atoms with Crippen LogP contribution in [0.1, 0.15) is 49.0 Å². The first kappa shape index (κ1) is 16.4. The fourth-order valence-electron chi connectivity index (χ4n) is 3.09. The van der Waals surface area contributed by atoms with Crippen molar-refractivity contribution >= 4 is 23.2 Å². The molecule has 1 aliphatic carbocycles. The Morgan fingerprint density at radius 3 is 2.39 bits per heavy atom. The highest BCUT2D eigenvalue weighted by Gasteiger charge is 2.33. The fraction of sp³-hybridized carbons (Fsp3) is 0.750. The number of hydrogen-bond donors (Lipinski definition) is 1. The van der Waals surface area contributed by atoms with Crippen LogP contribution in [0, 0.1) is 11.8 Å². The number of nitrogens with zero attached hydrogens (tertiary/aromatic N) is 3. The molecular formula is C16H24N4O2S. The Hall–Kier alpha value is -1.50. The van der Waals surface area contributed by atoms with Gasteiger partial charge in [0.25, 0.3) is 0 Å². The Morgan fingerprint density at radius 2 is 1.83 bits per heavy atom. The lowest BCUT2D eigenvalue weighted by atomic mass is 9.83. The van der Waals surface area contributed by atoms with Crippen LogP contribution in [0.4, 0.5) is 0 Å². The van der Waals surface area contributed by atoms with Crippen molar-refractivity contribution in [1.29, 1.82) is 0 Å². The molecule has 1 aromatic heterocycles. The second-order valence-electron chi connectivity index (χ2n) is 6.39. The van der Waals surface area contributed by atoms with Crippen molar-refractivity contribution < 1.29 is 9.59 Å². The van der Waals surface area contributed by atoms with Gasteiger partial charge in [0, 0.05) is 24.9 Å². The molecule has 6 nitrogen and oxygen atoms in total. The van der Waals surface area contributed by atoms with Crippen LogP contribution < -0.4 is 5.32 Å². The number of likely N-dealkylation sites (tertiary alicyclic amines) is 1. The number of amides is 2.